The van der Waals surface area contributed by atoms with Gasteiger partial charge in [-0.1, -0.05) is 46.9 Å². The number of aromatic nitrogens is 6. The SMILES string of the molecule is Cc1nnc2n1-c1ccc(C#CCCn3cc(CNc4cccc5c4C(=O)N(C4CCC(=O)NC4=O)C5=O)nn3)cc1C(c1ccc(Cl)cc1)=NC21CC1. The fraction of sp³-hybridized carbons (Fsp3) is 0.256. The molecule has 5 aromatic rings. The number of nitrogens with zero attached hydrogens (tertiary/aromatic N) is 8. The number of aliphatic imine (C=N–C) groups is 1. The van der Waals surface area contributed by atoms with Crippen LogP contribution in [0.1, 0.15) is 86.9 Å². The summed E-state index contributed by atoms with van der Waals surface area (Å²) < 4.78 is 3.82. The van der Waals surface area contributed by atoms with Crippen molar-refractivity contribution in [3.8, 4) is 17.5 Å². The molecule has 2 aromatic heterocycles. The zero-order valence-corrected chi connectivity index (χ0v) is 29.7. The Kier molecular flexibility index (Phi) is 7.97. The summed E-state index contributed by atoms with van der Waals surface area (Å²) in [6, 6.07) is 17.7. The van der Waals surface area contributed by atoms with E-state index in [4.69, 9.17) is 16.6 Å². The van der Waals surface area contributed by atoms with Crippen LogP contribution in [0.2, 0.25) is 5.02 Å². The molecule has 3 aliphatic heterocycles. The lowest BCUT2D eigenvalue weighted by Gasteiger charge is -2.27. The Morgan fingerprint density at radius 3 is 2.61 bits per heavy atom. The maximum Gasteiger partial charge on any atom is 0.264 e. The molecule has 1 saturated heterocycles. The number of imide groups is 2. The van der Waals surface area contributed by atoms with Crippen molar-refractivity contribution in [2.24, 2.45) is 4.99 Å². The summed E-state index contributed by atoms with van der Waals surface area (Å²) >= 11 is 6.24. The second kappa shape index (κ2) is 12.9. The number of piperidine rings is 1. The second-order valence-electron chi connectivity index (χ2n) is 13.7. The van der Waals surface area contributed by atoms with Gasteiger partial charge >= 0.3 is 0 Å². The predicted molar refractivity (Wildman–Crippen MR) is 196 cm³/mol. The van der Waals surface area contributed by atoms with Crippen LogP contribution in [-0.4, -0.2) is 70.0 Å². The molecule has 1 unspecified atom stereocenters. The van der Waals surface area contributed by atoms with E-state index in [-0.39, 0.29) is 30.5 Å². The van der Waals surface area contributed by atoms with Crippen LogP contribution < -0.4 is 10.6 Å². The van der Waals surface area contributed by atoms with Gasteiger partial charge in [0, 0.05) is 40.2 Å². The lowest BCUT2D eigenvalue weighted by Crippen LogP contribution is -2.54. The van der Waals surface area contributed by atoms with Gasteiger partial charge in [-0.25, -0.2) is 0 Å². The maximum absolute atomic E-state index is 13.4. The molecule has 54 heavy (non-hydrogen) atoms. The largest absolute Gasteiger partial charge is 0.379 e. The summed E-state index contributed by atoms with van der Waals surface area (Å²) in [5, 5.41) is 23.5. The summed E-state index contributed by atoms with van der Waals surface area (Å²) in [7, 11) is 0. The van der Waals surface area contributed by atoms with Crippen molar-refractivity contribution in [3.63, 3.8) is 0 Å². The van der Waals surface area contributed by atoms with Gasteiger partial charge in [-0.15, -0.1) is 15.3 Å². The highest BCUT2D eigenvalue weighted by Crippen LogP contribution is 2.51. The number of aryl methyl sites for hydroxylation is 2. The fourth-order valence-corrected chi connectivity index (χ4v) is 7.39. The summed E-state index contributed by atoms with van der Waals surface area (Å²) in [5.41, 5.74) is 5.64. The van der Waals surface area contributed by atoms with E-state index in [1.807, 2.05) is 37.3 Å². The Bertz CT molecular complexity index is 2520. The number of halogens is 1. The lowest BCUT2D eigenvalue weighted by atomic mass is 9.98. The maximum atomic E-state index is 13.4. The number of carbonyl (C=O) groups excluding carboxylic acids is 4. The van der Waals surface area contributed by atoms with E-state index in [0.29, 0.717) is 29.4 Å². The highest BCUT2D eigenvalue weighted by atomic mass is 35.5. The standard InChI is InChI=1S/C39H31ClN10O4/c1-22-44-46-38-39(16-17-39)43-34(24-9-11-25(40)12-10-24)28-19-23(8-13-30(28)49(22)38)5-2-3-18-48-21-26(45-47-48)20-41-29-7-4-6-27-33(29)37(54)50(36(27)53)31-14-15-32(51)42-35(31)52/h4,6-13,19,21,31,41H,3,14-18,20H2,1H3,(H,42,51,52). The monoisotopic (exact) mass is 738 g/mol. The van der Waals surface area contributed by atoms with E-state index < -0.39 is 35.2 Å². The van der Waals surface area contributed by atoms with E-state index in [2.05, 4.69) is 59.7 Å². The van der Waals surface area contributed by atoms with Crippen molar-refractivity contribution in [1.29, 1.82) is 0 Å². The normalized spacial score (nSPS) is 17.9. The number of rotatable bonds is 7. The number of hydrogen-bond donors (Lipinski definition) is 2. The van der Waals surface area contributed by atoms with Gasteiger partial charge in [-0.2, -0.15) is 0 Å². The Balaban J connectivity index is 0.886. The van der Waals surface area contributed by atoms with Crippen LogP contribution in [0.5, 0.6) is 0 Å². The van der Waals surface area contributed by atoms with E-state index >= 15 is 0 Å². The van der Waals surface area contributed by atoms with Crippen LogP contribution >= 0.6 is 11.6 Å². The molecule has 14 nitrogen and oxygen atoms in total. The van der Waals surface area contributed by atoms with Gasteiger partial charge < -0.3 is 5.32 Å². The van der Waals surface area contributed by atoms with Crippen molar-refractivity contribution in [3.05, 3.63) is 117 Å². The fourth-order valence-electron chi connectivity index (χ4n) is 7.27. The van der Waals surface area contributed by atoms with E-state index in [1.54, 1.807) is 29.1 Å². The summed E-state index contributed by atoms with van der Waals surface area (Å²) in [4.78, 5) is 56.9. The first-order valence-electron chi connectivity index (χ1n) is 17.6. The molecule has 4 aliphatic rings. The van der Waals surface area contributed by atoms with Gasteiger partial charge in [0.2, 0.25) is 11.8 Å². The van der Waals surface area contributed by atoms with E-state index in [9.17, 15) is 19.2 Å². The zero-order chi connectivity index (χ0) is 37.1. The van der Waals surface area contributed by atoms with Gasteiger partial charge in [0.25, 0.3) is 11.8 Å². The van der Waals surface area contributed by atoms with Crippen molar-refractivity contribution in [2.75, 3.05) is 5.32 Å². The summed E-state index contributed by atoms with van der Waals surface area (Å²) in [6.07, 6.45) is 4.27. The average molecular weight is 739 g/mol. The molecular formula is C39H31ClN10O4. The van der Waals surface area contributed by atoms with Crippen LogP contribution in [0.25, 0.3) is 5.69 Å². The highest BCUT2D eigenvalue weighted by Gasteiger charge is 2.51. The third kappa shape index (κ3) is 5.73. The third-order valence-electron chi connectivity index (χ3n) is 10.1. The molecule has 0 radical (unpaired) electrons. The number of carbonyl (C=O) groups is 4. The van der Waals surface area contributed by atoms with Crippen molar-refractivity contribution in [2.45, 2.75) is 63.7 Å². The molecule has 2 fully saturated rings. The average Bonchev–Trinajstić information content (AvgIpc) is 3.54. The van der Waals surface area contributed by atoms with Crippen molar-refractivity contribution < 1.29 is 19.2 Å². The molecule has 5 heterocycles. The van der Waals surface area contributed by atoms with Crippen LogP contribution in [0.15, 0.2) is 71.9 Å². The number of amides is 4. The predicted octanol–water partition coefficient (Wildman–Crippen LogP) is 4.12. The minimum absolute atomic E-state index is 0.0531. The molecule has 268 valence electrons. The number of anilines is 1. The Hall–Kier alpha value is -6.46. The van der Waals surface area contributed by atoms with Crippen LogP contribution in [0.4, 0.5) is 5.69 Å². The van der Waals surface area contributed by atoms with E-state index in [1.165, 1.54) is 0 Å². The number of hydrogen-bond acceptors (Lipinski definition) is 10. The van der Waals surface area contributed by atoms with E-state index in [0.717, 1.165) is 57.5 Å². The Morgan fingerprint density at radius 2 is 1.81 bits per heavy atom. The van der Waals surface area contributed by atoms with Gasteiger partial charge in [0.1, 0.15) is 23.1 Å². The molecule has 1 atom stereocenters. The highest BCUT2D eigenvalue weighted by molar-refractivity contribution is 6.30. The van der Waals surface area contributed by atoms with Gasteiger partial charge in [0.15, 0.2) is 5.82 Å². The first-order chi connectivity index (χ1) is 26.2. The molecule has 3 aromatic carbocycles. The first-order valence-corrected chi connectivity index (χ1v) is 18.0. The minimum atomic E-state index is -1.04. The van der Waals surface area contributed by atoms with Gasteiger partial charge in [0.05, 0.1) is 41.8 Å². The molecular weight excluding hydrogens is 708 g/mol. The minimum Gasteiger partial charge on any atom is -0.379 e. The topological polar surface area (TPSA) is 169 Å². The first kappa shape index (κ1) is 33.4. The van der Waals surface area contributed by atoms with Crippen molar-refractivity contribution in [1.82, 2.24) is 40.0 Å². The quantitative estimate of drug-likeness (QED) is 0.184. The molecule has 1 saturated carbocycles. The molecule has 4 amide bonds. The second-order valence-corrected chi connectivity index (χ2v) is 14.1. The molecule has 0 bridgehead atoms. The zero-order valence-electron chi connectivity index (χ0n) is 29.0. The molecule has 1 spiro atoms. The summed E-state index contributed by atoms with van der Waals surface area (Å²) in [5.74, 6) is 6.02. The molecule has 2 N–H and O–H groups in total. The molecule has 15 heteroatoms. The smallest absolute Gasteiger partial charge is 0.264 e. The summed E-state index contributed by atoms with van der Waals surface area (Å²) in [6.45, 7) is 2.70. The lowest BCUT2D eigenvalue weighted by molar-refractivity contribution is -0.136. The number of benzene rings is 3. The molecule has 9 rings (SSSR count). The van der Waals surface area contributed by atoms with Crippen molar-refractivity contribution >= 4 is 46.6 Å². The number of fused-ring (bicyclic) bond motifs is 5. The van der Waals surface area contributed by atoms with Crippen LogP contribution in [0.3, 0.4) is 0 Å². The van der Waals surface area contributed by atoms with Crippen LogP contribution in [0, 0.1) is 18.8 Å². The number of nitrogens with one attached hydrogen (secondary N) is 2. The third-order valence-corrected chi connectivity index (χ3v) is 10.4. The van der Waals surface area contributed by atoms with Gasteiger partial charge in [-0.05, 0) is 68.7 Å². The molecule has 1 aliphatic carbocycles. The Labute approximate surface area is 313 Å². The van der Waals surface area contributed by atoms with Crippen LogP contribution in [-0.2, 0) is 28.2 Å². The Morgan fingerprint density at radius 1 is 0.981 bits per heavy atom. The van der Waals surface area contributed by atoms with Gasteiger partial charge in [-0.3, -0.25) is 43.6 Å².